The Morgan fingerprint density at radius 3 is 2.47 bits per heavy atom. The highest BCUT2D eigenvalue weighted by molar-refractivity contribution is 8.01. The number of hydrogen-bond acceptors (Lipinski definition) is 5. The molecule has 30 heavy (non-hydrogen) atoms. The number of nitrogens with one attached hydrogen (secondary N) is 1. The molecule has 0 fully saturated rings. The van der Waals surface area contributed by atoms with E-state index in [0.717, 1.165) is 16.8 Å². The van der Waals surface area contributed by atoms with Crippen LogP contribution in [0.4, 0.5) is 10.2 Å². The van der Waals surface area contributed by atoms with Gasteiger partial charge >= 0.3 is 0 Å². The second kappa shape index (κ2) is 8.02. The SMILES string of the molecule is COc1ccc([C@@H]2S[C@H](C)C(=O)Nc3c2c(C)nn3-c2ccc(F)cc2)cc1OC. The Kier molecular flexibility index (Phi) is 5.42. The summed E-state index contributed by atoms with van der Waals surface area (Å²) in [5.74, 6) is 1.43. The molecule has 156 valence electrons. The number of fused-ring (bicyclic) bond motifs is 1. The first-order valence-corrected chi connectivity index (χ1v) is 10.4. The summed E-state index contributed by atoms with van der Waals surface area (Å²) in [5.41, 5.74) is 3.35. The molecule has 1 amide bonds. The summed E-state index contributed by atoms with van der Waals surface area (Å²) in [5, 5.41) is 7.24. The molecule has 3 aromatic rings. The lowest BCUT2D eigenvalue weighted by atomic mass is 10.0. The molecule has 1 aliphatic rings. The molecule has 6 nitrogen and oxygen atoms in total. The van der Waals surface area contributed by atoms with E-state index in [9.17, 15) is 9.18 Å². The molecule has 1 aliphatic heterocycles. The molecular weight excluding hydrogens is 405 g/mol. The average Bonchev–Trinajstić information content (AvgIpc) is 2.99. The first kappa shape index (κ1) is 20.3. The molecular formula is C22H22FN3O3S. The summed E-state index contributed by atoms with van der Waals surface area (Å²) < 4.78 is 25.9. The van der Waals surface area contributed by atoms with Crippen LogP contribution >= 0.6 is 11.8 Å². The van der Waals surface area contributed by atoms with Crippen LogP contribution in [0.15, 0.2) is 42.5 Å². The number of rotatable bonds is 4. The minimum atomic E-state index is -0.329. The van der Waals surface area contributed by atoms with Gasteiger partial charge in [0.05, 0.1) is 36.1 Å². The monoisotopic (exact) mass is 427 g/mol. The third kappa shape index (κ3) is 3.52. The summed E-state index contributed by atoms with van der Waals surface area (Å²) in [6, 6.07) is 11.8. The maximum Gasteiger partial charge on any atom is 0.238 e. The molecule has 2 heterocycles. The minimum absolute atomic E-state index is 0.104. The standard InChI is InChI=1S/C22H22FN3O3S/c1-12-19-20(14-5-10-17(28-3)18(11-14)29-4)30-13(2)22(27)24-21(19)26(25-12)16-8-6-15(23)7-9-16/h5-11,13,20H,1-4H3,(H,24,27)/t13-,20+/m1/s1. The fourth-order valence-corrected chi connectivity index (χ4v) is 4.87. The topological polar surface area (TPSA) is 65.4 Å². The van der Waals surface area contributed by atoms with Crippen LogP contribution in [0.5, 0.6) is 11.5 Å². The number of nitrogens with zero attached hydrogens (tertiary/aromatic N) is 2. The second-order valence-corrected chi connectivity index (χ2v) is 8.45. The lowest BCUT2D eigenvalue weighted by Crippen LogP contribution is -2.22. The zero-order chi connectivity index (χ0) is 21.4. The van der Waals surface area contributed by atoms with Crippen molar-refractivity contribution in [3.8, 4) is 17.2 Å². The largest absolute Gasteiger partial charge is 0.493 e. The quantitative estimate of drug-likeness (QED) is 0.664. The number of aromatic nitrogens is 2. The van der Waals surface area contributed by atoms with Crippen LogP contribution in [0, 0.1) is 12.7 Å². The summed E-state index contributed by atoms with van der Waals surface area (Å²) in [6.45, 7) is 3.79. The zero-order valence-electron chi connectivity index (χ0n) is 17.1. The molecule has 4 rings (SSSR count). The zero-order valence-corrected chi connectivity index (χ0v) is 17.9. The average molecular weight is 428 g/mol. The molecule has 2 atom stereocenters. The first-order valence-electron chi connectivity index (χ1n) is 9.46. The second-order valence-electron chi connectivity index (χ2n) is 7.00. The molecule has 2 aromatic carbocycles. The lowest BCUT2D eigenvalue weighted by Gasteiger charge is -2.19. The highest BCUT2D eigenvalue weighted by atomic mass is 32.2. The van der Waals surface area contributed by atoms with Crippen molar-refractivity contribution in [2.75, 3.05) is 19.5 Å². The Morgan fingerprint density at radius 2 is 1.80 bits per heavy atom. The van der Waals surface area contributed by atoms with Crippen LogP contribution < -0.4 is 14.8 Å². The highest BCUT2D eigenvalue weighted by Gasteiger charge is 2.34. The van der Waals surface area contributed by atoms with E-state index in [2.05, 4.69) is 10.4 Å². The van der Waals surface area contributed by atoms with Gasteiger partial charge in [0.1, 0.15) is 11.6 Å². The van der Waals surface area contributed by atoms with Gasteiger partial charge in [-0.2, -0.15) is 5.10 Å². The van der Waals surface area contributed by atoms with Gasteiger partial charge in [-0.15, -0.1) is 11.8 Å². The molecule has 0 unspecified atom stereocenters. The fourth-order valence-electron chi connectivity index (χ4n) is 3.56. The number of carbonyl (C=O) groups is 1. The molecule has 0 spiro atoms. The van der Waals surface area contributed by atoms with Gasteiger partial charge in [-0.05, 0) is 55.8 Å². The van der Waals surface area contributed by atoms with E-state index in [1.165, 1.54) is 12.1 Å². The predicted molar refractivity (Wildman–Crippen MR) is 115 cm³/mol. The lowest BCUT2D eigenvalue weighted by molar-refractivity contribution is -0.115. The highest BCUT2D eigenvalue weighted by Crippen LogP contribution is 2.47. The number of hydrogen-bond donors (Lipinski definition) is 1. The Bertz CT molecular complexity index is 1100. The number of amides is 1. The Morgan fingerprint density at radius 1 is 1.10 bits per heavy atom. The molecule has 8 heteroatoms. The van der Waals surface area contributed by atoms with Gasteiger partial charge < -0.3 is 14.8 Å². The van der Waals surface area contributed by atoms with Crippen LogP contribution in [-0.2, 0) is 4.79 Å². The van der Waals surface area contributed by atoms with Gasteiger partial charge in [-0.3, -0.25) is 4.79 Å². The molecule has 0 radical (unpaired) electrons. The fraction of sp³-hybridized carbons (Fsp3) is 0.273. The summed E-state index contributed by atoms with van der Waals surface area (Å²) in [6.07, 6.45) is 0. The van der Waals surface area contributed by atoms with Crippen molar-refractivity contribution in [2.24, 2.45) is 0 Å². The van der Waals surface area contributed by atoms with Crippen LogP contribution in [0.1, 0.15) is 29.0 Å². The first-order chi connectivity index (χ1) is 14.4. The van der Waals surface area contributed by atoms with Crippen LogP contribution in [0.3, 0.4) is 0 Å². The van der Waals surface area contributed by atoms with Crippen molar-refractivity contribution in [3.05, 3.63) is 65.1 Å². The van der Waals surface area contributed by atoms with E-state index < -0.39 is 0 Å². The number of anilines is 1. The number of benzene rings is 2. The molecule has 0 saturated carbocycles. The van der Waals surface area contributed by atoms with Gasteiger partial charge in [0.15, 0.2) is 11.5 Å². The van der Waals surface area contributed by atoms with Crippen LogP contribution in [-0.4, -0.2) is 35.2 Å². The molecule has 0 aliphatic carbocycles. The smallest absolute Gasteiger partial charge is 0.238 e. The number of methoxy groups -OCH3 is 2. The normalized spacial score (nSPS) is 18.4. The van der Waals surface area contributed by atoms with Gasteiger partial charge in [0.2, 0.25) is 5.91 Å². The van der Waals surface area contributed by atoms with Crippen LogP contribution in [0.25, 0.3) is 5.69 Å². The number of ether oxygens (including phenoxy) is 2. The van der Waals surface area contributed by atoms with Crippen molar-refractivity contribution in [3.63, 3.8) is 0 Å². The van der Waals surface area contributed by atoms with E-state index in [1.807, 2.05) is 32.0 Å². The van der Waals surface area contributed by atoms with Crippen molar-refractivity contribution in [2.45, 2.75) is 24.3 Å². The number of aryl methyl sites for hydroxylation is 1. The maximum atomic E-state index is 13.4. The summed E-state index contributed by atoms with van der Waals surface area (Å²) >= 11 is 1.55. The molecule has 0 bridgehead atoms. The predicted octanol–water partition coefficient (Wildman–Crippen LogP) is 4.50. The minimum Gasteiger partial charge on any atom is -0.493 e. The van der Waals surface area contributed by atoms with Gasteiger partial charge in [0.25, 0.3) is 0 Å². The molecule has 1 N–H and O–H groups in total. The van der Waals surface area contributed by atoms with E-state index >= 15 is 0 Å². The summed E-state index contributed by atoms with van der Waals surface area (Å²) in [4.78, 5) is 12.7. The Balaban J connectivity index is 1.89. The van der Waals surface area contributed by atoms with Crippen molar-refractivity contribution in [1.29, 1.82) is 0 Å². The van der Waals surface area contributed by atoms with Gasteiger partial charge in [-0.1, -0.05) is 6.07 Å². The third-order valence-corrected chi connectivity index (χ3v) is 6.50. The maximum absolute atomic E-state index is 13.4. The molecule has 1 aromatic heterocycles. The third-order valence-electron chi connectivity index (χ3n) is 5.10. The Hall–Kier alpha value is -3.00. The number of halogens is 1. The Labute approximate surface area is 178 Å². The van der Waals surface area contributed by atoms with E-state index in [1.54, 1.807) is 42.8 Å². The van der Waals surface area contributed by atoms with Crippen LogP contribution in [0.2, 0.25) is 0 Å². The van der Waals surface area contributed by atoms with Crippen molar-refractivity contribution in [1.82, 2.24) is 9.78 Å². The van der Waals surface area contributed by atoms with E-state index in [4.69, 9.17) is 9.47 Å². The number of carbonyl (C=O) groups excluding carboxylic acids is 1. The summed E-state index contributed by atoms with van der Waals surface area (Å²) in [7, 11) is 3.19. The van der Waals surface area contributed by atoms with E-state index in [0.29, 0.717) is 23.0 Å². The van der Waals surface area contributed by atoms with Gasteiger partial charge in [-0.25, -0.2) is 9.07 Å². The number of thioether (sulfide) groups is 1. The van der Waals surface area contributed by atoms with Gasteiger partial charge in [0, 0.05) is 5.56 Å². The van der Waals surface area contributed by atoms with Crippen molar-refractivity contribution < 1.29 is 18.7 Å². The molecule has 0 saturated heterocycles. The van der Waals surface area contributed by atoms with Crippen molar-refractivity contribution >= 4 is 23.5 Å². The van der Waals surface area contributed by atoms with E-state index in [-0.39, 0.29) is 22.2 Å².